The summed E-state index contributed by atoms with van der Waals surface area (Å²) in [5.74, 6) is 0.268. The van der Waals surface area contributed by atoms with Crippen LogP contribution in [0.2, 0.25) is 0 Å². The van der Waals surface area contributed by atoms with Gasteiger partial charge >= 0.3 is 0 Å². The first-order valence-electron chi connectivity index (χ1n) is 9.30. The zero-order valence-electron chi connectivity index (χ0n) is 15.7. The summed E-state index contributed by atoms with van der Waals surface area (Å²) in [6.07, 6.45) is 4.51. The van der Waals surface area contributed by atoms with Crippen LogP contribution in [-0.2, 0) is 16.0 Å². The van der Waals surface area contributed by atoms with Gasteiger partial charge in [-0.2, -0.15) is 0 Å². The Morgan fingerprint density at radius 2 is 2.07 bits per heavy atom. The molecule has 0 bridgehead atoms. The van der Waals surface area contributed by atoms with Crippen LogP contribution in [0.4, 0.5) is 0 Å². The molecule has 152 valence electrons. The Balaban J connectivity index is 1.46. The fourth-order valence-corrected chi connectivity index (χ4v) is 4.24. The lowest BCUT2D eigenvalue weighted by molar-refractivity contribution is -0.124. The molecule has 0 saturated carbocycles. The lowest BCUT2D eigenvalue weighted by Gasteiger charge is -2.17. The van der Waals surface area contributed by atoms with Crippen LogP contribution in [0.15, 0.2) is 58.1 Å². The van der Waals surface area contributed by atoms with Crippen LogP contribution in [-0.4, -0.2) is 45.3 Å². The molecule has 2 heterocycles. The van der Waals surface area contributed by atoms with Crippen molar-refractivity contribution in [2.24, 2.45) is 0 Å². The molecule has 0 aliphatic carbocycles. The van der Waals surface area contributed by atoms with Gasteiger partial charge in [0, 0.05) is 19.0 Å². The number of hydrogen-bond donors (Lipinski definition) is 2. The molecular weight excluding hydrogens is 408 g/mol. The topological polar surface area (TPSA) is 82.8 Å². The molecule has 8 heteroatoms. The second-order valence-corrected chi connectivity index (χ2v) is 8.26. The van der Waals surface area contributed by atoms with Gasteiger partial charge in [-0.1, -0.05) is 54.3 Å². The molecule has 2 amide bonds. The normalized spacial score (nSPS) is 16.4. The fraction of sp³-hybridized carbons (Fsp3) is 0.286. The number of thiocarbonyl (C=S) groups is 1. The van der Waals surface area contributed by atoms with Crippen LogP contribution in [0.25, 0.3) is 6.08 Å². The maximum atomic E-state index is 12.5. The maximum Gasteiger partial charge on any atom is 0.266 e. The SMILES string of the molecule is O=C(CCCN1C(=O)/C(=C\c2ccco2)SC1=S)N[C@H](CO)Cc1ccccc1. The largest absolute Gasteiger partial charge is 0.465 e. The molecule has 29 heavy (non-hydrogen) atoms. The fourth-order valence-electron chi connectivity index (χ4n) is 2.95. The molecule has 1 fully saturated rings. The van der Waals surface area contributed by atoms with Gasteiger partial charge in [0.25, 0.3) is 5.91 Å². The summed E-state index contributed by atoms with van der Waals surface area (Å²) >= 11 is 6.52. The number of aliphatic hydroxyl groups excluding tert-OH is 1. The minimum absolute atomic E-state index is 0.132. The summed E-state index contributed by atoms with van der Waals surface area (Å²) in [7, 11) is 0. The van der Waals surface area contributed by atoms with E-state index >= 15 is 0 Å². The Bertz CT molecular complexity index is 881. The lowest BCUT2D eigenvalue weighted by atomic mass is 10.1. The molecule has 1 aliphatic rings. The summed E-state index contributed by atoms with van der Waals surface area (Å²) in [5.41, 5.74) is 1.05. The Morgan fingerprint density at radius 1 is 1.28 bits per heavy atom. The molecule has 1 aliphatic heterocycles. The van der Waals surface area contributed by atoms with Gasteiger partial charge < -0.3 is 14.8 Å². The van der Waals surface area contributed by atoms with Gasteiger partial charge in [-0.25, -0.2) is 0 Å². The van der Waals surface area contributed by atoms with Crippen molar-refractivity contribution < 1.29 is 19.1 Å². The third kappa shape index (κ3) is 6.03. The van der Waals surface area contributed by atoms with Crippen LogP contribution in [0.1, 0.15) is 24.2 Å². The minimum Gasteiger partial charge on any atom is -0.465 e. The van der Waals surface area contributed by atoms with Gasteiger partial charge in [0.15, 0.2) is 0 Å². The van der Waals surface area contributed by atoms with E-state index in [1.54, 1.807) is 24.5 Å². The molecule has 3 rings (SSSR count). The van der Waals surface area contributed by atoms with Crippen molar-refractivity contribution in [3.63, 3.8) is 0 Å². The van der Waals surface area contributed by atoms with E-state index in [9.17, 15) is 14.7 Å². The van der Waals surface area contributed by atoms with Crippen LogP contribution in [0.3, 0.4) is 0 Å². The summed E-state index contributed by atoms with van der Waals surface area (Å²) in [5, 5.41) is 12.4. The molecule has 1 aromatic carbocycles. The van der Waals surface area contributed by atoms with E-state index in [4.69, 9.17) is 16.6 Å². The van der Waals surface area contributed by atoms with Crippen LogP contribution >= 0.6 is 24.0 Å². The van der Waals surface area contributed by atoms with Crippen LogP contribution in [0.5, 0.6) is 0 Å². The van der Waals surface area contributed by atoms with Gasteiger partial charge in [-0.3, -0.25) is 14.5 Å². The Labute approximate surface area is 179 Å². The number of thioether (sulfide) groups is 1. The second-order valence-electron chi connectivity index (χ2n) is 6.59. The number of amides is 2. The van der Waals surface area contributed by atoms with E-state index in [-0.39, 0.29) is 30.9 Å². The highest BCUT2D eigenvalue weighted by Crippen LogP contribution is 2.32. The molecule has 0 unspecified atom stereocenters. The van der Waals surface area contributed by atoms with Crippen molar-refractivity contribution in [2.75, 3.05) is 13.2 Å². The number of rotatable bonds is 9. The molecule has 0 spiro atoms. The zero-order valence-corrected chi connectivity index (χ0v) is 17.4. The first-order valence-corrected chi connectivity index (χ1v) is 10.5. The predicted octanol–water partition coefficient (Wildman–Crippen LogP) is 2.98. The summed E-state index contributed by atoms with van der Waals surface area (Å²) in [4.78, 5) is 26.8. The number of carbonyl (C=O) groups is 2. The van der Waals surface area contributed by atoms with E-state index in [0.29, 0.717) is 34.4 Å². The quantitative estimate of drug-likeness (QED) is 0.470. The predicted molar refractivity (Wildman–Crippen MR) is 117 cm³/mol. The van der Waals surface area contributed by atoms with E-state index in [0.717, 1.165) is 5.56 Å². The van der Waals surface area contributed by atoms with Gasteiger partial charge in [0.2, 0.25) is 5.91 Å². The van der Waals surface area contributed by atoms with Gasteiger partial charge in [-0.15, -0.1) is 0 Å². The van der Waals surface area contributed by atoms with Crippen molar-refractivity contribution in [2.45, 2.75) is 25.3 Å². The summed E-state index contributed by atoms with van der Waals surface area (Å²) in [6.45, 7) is 0.239. The zero-order chi connectivity index (χ0) is 20.6. The average molecular weight is 431 g/mol. The highest BCUT2D eigenvalue weighted by atomic mass is 32.2. The molecule has 1 atom stereocenters. The smallest absolute Gasteiger partial charge is 0.266 e. The highest BCUT2D eigenvalue weighted by Gasteiger charge is 2.31. The van der Waals surface area contributed by atoms with E-state index in [1.165, 1.54) is 16.7 Å². The molecule has 2 aromatic rings. The molecule has 1 aromatic heterocycles. The van der Waals surface area contributed by atoms with Gasteiger partial charge in [0.1, 0.15) is 10.1 Å². The second kappa shape index (κ2) is 10.4. The van der Waals surface area contributed by atoms with E-state index < -0.39 is 0 Å². The van der Waals surface area contributed by atoms with Crippen molar-refractivity contribution >= 4 is 46.2 Å². The van der Waals surface area contributed by atoms with Crippen LogP contribution in [0, 0.1) is 0 Å². The first kappa shape index (κ1) is 21.3. The summed E-state index contributed by atoms with van der Waals surface area (Å²) in [6, 6.07) is 12.9. The Hall–Kier alpha value is -2.42. The minimum atomic E-state index is -0.335. The Kier molecular flexibility index (Phi) is 7.62. The highest BCUT2D eigenvalue weighted by molar-refractivity contribution is 8.26. The number of aliphatic hydroxyl groups is 1. The molecule has 2 N–H and O–H groups in total. The van der Waals surface area contributed by atoms with Crippen molar-refractivity contribution in [3.8, 4) is 0 Å². The lowest BCUT2D eigenvalue weighted by Crippen LogP contribution is -2.39. The monoisotopic (exact) mass is 430 g/mol. The van der Waals surface area contributed by atoms with Crippen LogP contribution < -0.4 is 5.32 Å². The molecular formula is C21H22N2O4S2. The van der Waals surface area contributed by atoms with Crippen molar-refractivity contribution in [1.82, 2.24) is 10.2 Å². The van der Waals surface area contributed by atoms with Gasteiger partial charge in [-0.05, 0) is 30.5 Å². The van der Waals surface area contributed by atoms with Gasteiger partial charge in [0.05, 0.1) is 23.8 Å². The Morgan fingerprint density at radius 3 is 2.76 bits per heavy atom. The number of nitrogens with one attached hydrogen (secondary N) is 1. The van der Waals surface area contributed by atoms with E-state index in [2.05, 4.69) is 5.32 Å². The summed E-state index contributed by atoms with van der Waals surface area (Å²) < 4.78 is 5.72. The third-order valence-electron chi connectivity index (χ3n) is 4.39. The standard InChI is InChI=1S/C21H22N2O4S2/c24-14-16(12-15-6-2-1-3-7-15)22-19(25)9-4-10-23-20(26)18(29-21(23)28)13-17-8-5-11-27-17/h1-3,5-8,11,13,16,24H,4,9-10,12,14H2,(H,22,25)/b18-13+/t16-/m0/s1. The number of hydrogen-bond acceptors (Lipinski definition) is 6. The first-order chi connectivity index (χ1) is 14.1. The van der Waals surface area contributed by atoms with Crippen molar-refractivity contribution in [1.29, 1.82) is 0 Å². The van der Waals surface area contributed by atoms with E-state index in [1.807, 2.05) is 30.3 Å². The average Bonchev–Trinajstić information content (AvgIpc) is 3.32. The molecule has 0 radical (unpaired) electrons. The molecule has 1 saturated heterocycles. The number of benzene rings is 1. The third-order valence-corrected chi connectivity index (χ3v) is 5.76. The number of carbonyl (C=O) groups excluding carboxylic acids is 2. The van der Waals surface area contributed by atoms with Crippen molar-refractivity contribution in [3.05, 3.63) is 65.0 Å². The maximum absolute atomic E-state index is 12.5. The number of nitrogens with zero attached hydrogens (tertiary/aromatic N) is 1. The number of furan rings is 1. The molecule has 6 nitrogen and oxygen atoms in total.